The number of anilines is 1. The second-order valence-corrected chi connectivity index (χ2v) is 6.64. The van der Waals surface area contributed by atoms with Crippen LogP contribution in [-0.2, 0) is 0 Å². The van der Waals surface area contributed by atoms with Gasteiger partial charge in [0, 0.05) is 43.5 Å². The summed E-state index contributed by atoms with van der Waals surface area (Å²) in [5.41, 5.74) is 6.58. The molecule has 2 N–H and O–H groups in total. The number of nitrogens with zero attached hydrogens (tertiary/aromatic N) is 5. The number of hydrogen-bond acceptors (Lipinski definition) is 5. The lowest BCUT2D eigenvalue weighted by molar-refractivity contribution is 0.1000. The fourth-order valence-electron chi connectivity index (χ4n) is 2.73. The summed E-state index contributed by atoms with van der Waals surface area (Å²) in [7, 11) is 0. The maximum absolute atomic E-state index is 11.2. The van der Waals surface area contributed by atoms with E-state index in [1.807, 2.05) is 0 Å². The summed E-state index contributed by atoms with van der Waals surface area (Å²) in [4.78, 5) is 20.4. The summed E-state index contributed by atoms with van der Waals surface area (Å²) in [6.45, 7) is 10.5. The monoisotopic (exact) mass is 302 g/mol. The van der Waals surface area contributed by atoms with Crippen LogP contribution in [0, 0.1) is 0 Å². The van der Waals surface area contributed by atoms with Gasteiger partial charge in [0.1, 0.15) is 0 Å². The number of rotatable bonds is 2. The van der Waals surface area contributed by atoms with Crippen molar-refractivity contribution in [2.75, 3.05) is 31.1 Å². The molecule has 22 heavy (non-hydrogen) atoms. The highest BCUT2D eigenvalue weighted by Gasteiger charge is 2.27. The minimum absolute atomic E-state index is 0.189. The van der Waals surface area contributed by atoms with E-state index in [1.54, 1.807) is 22.8 Å². The molecule has 1 saturated heterocycles. The maximum Gasteiger partial charge on any atom is 0.248 e. The van der Waals surface area contributed by atoms with Gasteiger partial charge in [0.05, 0.1) is 0 Å². The fourth-order valence-corrected chi connectivity index (χ4v) is 2.73. The Balaban J connectivity index is 1.79. The van der Waals surface area contributed by atoms with Crippen molar-refractivity contribution in [1.82, 2.24) is 19.5 Å². The molecule has 0 aliphatic carbocycles. The van der Waals surface area contributed by atoms with Crippen molar-refractivity contribution < 1.29 is 4.79 Å². The molecule has 0 spiro atoms. The third-order valence-corrected chi connectivity index (χ3v) is 4.12. The van der Waals surface area contributed by atoms with Gasteiger partial charge in [-0.1, -0.05) is 0 Å². The van der Waals surface area contributed by atoms with Crippen molar-refractivity contribution in [3.05, 3.63) is 23.9 Å². The Morgan fingerprint density at radius 1 is 1.23 bits per heavy atom. The molecule has 3 rings (SSSR count). The summed E-state index contributed by atoms with van der Waals surface area (Å²) in [5, 5.41) is 4.48. The normalized spacial score (nSPS) is 17.1. The molecule has 1 amide bonds. The second-order valence-electron chi connectivity index (χ2n) is 6.64. The van der Waals surface area contributed by atoms with Gasteiger partial charge in [0.15, 0.2) is 5.65 Å². The molecule has 0 radical (unpaired) electrons. The molecule has 0 aromatic carbocycles. The summed E-state index contributed by atoms with van der Waals surface area (Å²) in [5.74, 6) is 0.251. The molecule has 3 heterocycles. The number of piperazine rings is 1. The van der Waals surface area contributed by atoms with Crippen LogP contribution >= 0.6 is 0 Å². The summed E-state index contributed by atoms with van der Waals surface area (Å²) in [6.07, 6.45) is 1.72. The Morgan fingerprint density at radius 3 is 2.50 bits per heavy atom. The van der Waals surface area contributed by atoms with Crippen LogP contribution in [0.25, 0.3) is 5.65 Å². The van der Waals surface area contributed by atoms with Crippen molar-refractivity contribution in [1.29, 1.82) is 0 Å². The number of pyridine rings is 1. The van der Waals surface area contributed by atoms with Gasteiger partial charge in [0.25, 0.3) is 0 Å². The molecule has 118 valence electrons. The van der Waals surface area contributed by atoms with Crippen LogP contribution in [0.2, 0.25) is 0 Å². The average molecular weight is 302 g/mol. The molecule has 1 aliphatic heterocycles. The number of carbonyl (C=O) groups excluding carboxylic acids is 1. The average Bonchev–Trinajstić information content (AvgIpc) is 2.89. The van der Waals surface area contributed by atoms with Crippen molar-refractivity contribution in [3.63, 3.8) is 0 Å². The number of nitrogens with two attached hydrogens (primary N) is 1. The van der Waals surface area contributed by atoms with E-state index in [2.05, 4.69) is 40.7 Å². The van der Waals surface area contributed by atoms with E-state index < -0.39 is 5.91 Å². The van der Waals surface area contributed by atoms with Crippen molar-refractivity contribution in [3.8, 4) is 0 Å². The third-order valence-electron chi connectivity index (χ3n) is 4.12. The number of hydrogen-bond donors (Lipinski definition) is 1. The van der Waals surface area contributed by atoms with Crippen molar-refractivity contribution in [2.45, 2.75) is 26.3 Å². The van der Waals surface area contributed by atoms with Gasteiger partial charge in [-0.3, -0.25) is 9.69 Å². The Kier molecular flexibility index (Phi) is 3.52. The lowest BCUT2D eigenvalue weighted by Gasteiger charge is -2.41. The van der Waals surface area contributed by atoms with Crippen LogP contribution in [0.1, 0.15) is 31.1 Å². The van der Waals surface area contributed by atoms with E-state index >= 15 is 0 Å². The summed E-state index contributed by atoms with van der Waals surface area (Å²) < 4.78 is 1.68. The van der Waals surface area contributed by atoms with E-state index in [9.17, 15) is 4.79 Å². The minimum Gasteiger partial charge on any atom is -0.366 e. The molecular formula is C15H22N6O. The molecular weight excluding hydrogens is 280 g/mol. The first-order chi connectivity index (χ1) is 10.3. The summed E-state index contributed by atoms with van der Waals surface area (Å²) in [6, 6.07) is 3.33. The number of fused-ring (bicyclic) bond motifs is 1. The van der Waals surface area contributed by atoms with Gasteiger partial charge in [-0.25, -0.2) is 4.52 Å². The number of carbonyl (C=O) groups is 1. The Hall–Kier alpha value is -2.15. The Morgan fingerprint density at radius 2 is 1.91 bits per heavy atom. The first-order valence-electron chi connectivity index (χ1n) is 7.51. The molecule has 2 aromatic heterocycles. The van der Waals surface area contributed by atoms with Crippen LogP contribution in [-0.4, -0.2) is 57.1 Å². The highest BCUT2D eigenvalue weighted by molar-refractivity contribution is 5.93. The minimum atomic E-state index is -0.453. The Labute approximate surface area is 129 Å². The van der Waals surface area contributed by atoms with E-state index in [-0.39, 0.29) is 5.54 Å². The maximum atomic E-state index is 11.2. The van der Waals surface area contributed by atoms with Gasteiger partial charge >= 0.3 is 0 Å². The third kappa shape index (κ3) is 2.76. The zero-order valence-electron chi connectivity index (χ0n) is 13.3. The van der Waals surface area contributed by atoms with Gasteiger partial charge < -0.3 is 10.6 Å². The molecule has 0 atom stereocenters. The Bertz CT molecular complexity index is 694. The summed E-state index contributed by atoms with van der Waals surface area (Å²) >= 11 is 0. The van der Waals surface area contributed by atoms with E-state index in [0.717, 1.165) is 26.2 Å². The quantitative estimate of drug-likeness (QED) is 0.885. The van der Waals surface area contributed by atoms with E-state index in [0.29, 0.717) is 17.2 Å². The van der Waals surface area contributed by atoms with E-state index in [1.165, 1.54) is 0 Å². The first-order valence-corrected chi connectivity index (χ1v) is 7.51. The van der Waals surface area contributed by atoms with E-state index in [4.69, 9.17) is 5.73 Å². The first kappa shape index (κ1) is 14.8. The molecule has 0 unspecified atom stereocenters. The standard InChI is InChI=1S/C15H22N6O/c1-15(2,3)20-8-6-19(7-9-20)14-17-12-10-11(13(16)22)4-5-21(12)18-14/h4-5,10H,6-9H2,1-3H3,(H2,16,22). The SMILES string of the molecule is CC(C)(C)N1CCN(c2nc3cc(C(N)=O)ccn3n2)CC1. The topological polar surface area (TPSA) is 79.8 Å². The number of primary amides is 1. The largest absolute Gasteiger partial charge is 0.366 e. The highest BCUT2D eigenvalue weighted by Crippen LogP contribution is 2.19. The van der Waals surface area contributed by atoms with Gasteiger partial charge in [-0.2, -0.15) is 4.98 Å². The van der Waals surface area contributed by atoms with Crippen LogP contribution in [0.15, 0.2) is 18.3 Å². The predicted octanol–water partition coefficient (Wildman–Crippen LogP) is 0.749. The molecule has 0 bridgehead atoms. The molecule has 7 nitrogen and oxygen atoms in total. The smallest absolute Gasteiger partial charge is 0.248 e. The molecule has 2 aromatic rings. The number of aromatic nitrogens is 3. The van der Waals surface area contributed by atoms with Crippen molar-refractivity contribution in [2.24, 2.45) is 5.73 Å². The van der Waals surface area contributed by atoms with Gasteiger partial charge in [-0.15, -0.1) is 5.10 Å². The van der Waals surface area contributed by atoms with Gasteiger partial charge in [-0.05, 0) is 32.9 Å². The van der Waals surface area contributed by atoms with Crippen LogP contribution in [0.3, 0.4) is 0 Å². The van der Waals surface area contributed by atoms with Crippen LogP contribution < -0.4 is 10.6 Å². The number of amides is 1. The lowest BCUT2D eigenvalue weighted by atomic mass is 10.1. The molecule has 1 aliphatic rings. The lowest BCUT2D eigenvalue weighted by Crippen LogP contribution is -2.53. The predicted molar refractivity (Wildman–Crippen MR) is 85.0 cm³/mol. The highest BCUT2D eigenvalue weighted by atomic mass is 16.1. The van der Waals surface area contributed by atoms with Crippen LogP contribution in [0.5, 0.6) is 0 Å². The molecule has 7 heteroatoms. The zero-order valence-corrected chi connectivity index (χ0v) is 13.3. The van der Waals surface area contributed by atoms with Crippen LogP contribution in [0.4, 0.5) is 5.95 Å². The van der Waals surface area contributed by atoms with Crippen molar-refractivity contribution >= 4 is 17.5 Å². The van der Waals surface area contributed by atoms with Gasteiger partial charge in [0.2, 0.25) is 11.9 Å². The second kappa shape index (κ2) is 5.24. The zero-order chi connectivity index (χ0) is 15.9. The molecule has 0 saturated carbocycles. The molecule has 1 fully saturated rings. The fraction of sp³-hybridized carbons (Fsp3) is 0.533.